The molecule has 0 aliphatic carbocycles. The minimum atomic E-state index is -0.502. The number of imidazole rings is 1. The molecule has 8 nitrogen and oxygen atoms in total. The van der Waals surface area contributed by atoms with Gasteiger partial charge in [0.15, 0.2) is 11.5 Å². The van der Waals surface area contributed by atoms with Gasteiger partial charge in [0.25, 0.3) is 0 Å². The Kier molecular flexibility index (Phi) is 5.79. The molecule has 1 amide bonds. The van der Waals surface area contributed by atoms with E-state index in [2.05, 4.69) is 10.3 Å². The number of hydrogen-bond acceptors (Lipinski definition) is 6. The number of fused-ring (bicyclic) bond motifs is 1. The summed E-state index contributed by atoms with van der Waals surface area (Å²) >= 11 is 0. The molecule has 0 saturated carbocycles. The molecule has 3 aromatic rings. The summed E-state index contributed by atoms with van der Waals surface area (Å²) in [5.74, 6) is 3.02. The fourth-order valence-corrected chi connectivity index (χ4v) is 3.33. The molecular formula is C23H23N3O5. The van der Waals surface area contributed by atoms with Gasteiger partial charge in [-0.15, -0.1) is 0 Å². The van der Waals surface area contributed by atoms with Crippen molar-refractivity contribution in [3.05, 3.63) is 71.8 Å². The Morgan fingerprint density at radius 1 is 1.13 bits per heavy atom. The third-order valence-corrected chi connectivity index (χ3v) is 4.93. The van der Waals surface area contributed by atoms with E-state index in [1.165, 1.54) is 6.08 Å². The van der Waals surface area contributed by atoms with Gasteiger partial charge in [0.2, 0.25) is 12.7 Å². The Labute approximate surface area is 180 Å². The predicted octanol–water partition coefficient (Wildman–Crippen LogP) is 3.09. The predicted molar refractivity (Wildman–Crippen MR) is 114 cm³/mol. The number of aryl methyl sites for hydroxylation is 1. The molecule has 0 bridgehead atoms. The standard InChI is InChI=1S/C23H23N3O5/c1-26-9-8-24-23(26)22(16-11-17(28-2)13-18(12-16)29-3)25-21(27)7-5-15-4-6-19-20(10-15)31-14-30-19/h4-13,22H,14H2,1-3H3,(H,25,27)/b7-5+. The van der Waals surface area contributed by atoms with Crippen molar-refractivity contribution < 1.29 is 23.7 Å². The van der Waals surface area contributed by atoms with Crippen molar-refractivity contribution >= 4 is 12.0 Å². The Balaban J connectivity index is 1.59. The fraction of sp³-hybridized carbons (Fsp3) is 0.217. The molecule has 160 valence electrons. The first-order valence-electron chi connectivity index (χ1n) is 9.66. The maximum absolute atomic E-state index is 12.8. The molecule has 1 N–H and O–H groups in total. The highest BCUT2D eigenvalue weighted by Crippen LogP contribution is 2.33. The molecule has 0 fully saturated rings. The second kappa shape index (κ2) is 8.83. The molecule has 0 radical (unpaired) electrons. The Morgan fingerprint density at radius 3 is 2.55 bits per heavy atom. The van der Waals surface area contributed by atoms with E-state index < -0.39 is 6.04 Å². The van der Waals surface area contributed by atoms with Crippen LogP contribution < -0.4 is 24.3 Å². The Hall–Kier alpha value is -3.94. The van der Waals surface area contributed by atoms with E-state index in [4.69, 9.17) is 18.9 Å². The number of amides is 1. The van der Waals surface area contributed by atoms with Crippen molar-refractivity contribution in [1.29, 1.82) is 0 Å². The van der Waals surface area contributed by atoms with E-state index in [1.807, 2.05) is 48.1 Å². The van der Waals surface area contributed by atoms with Gasteiger partial charge in [0.05, 0.1) is 14.2 Å². The van der Waals surface area contributed by atoms with Crippen LogP contribution in [-0.4, -0.2) is 36.5 Å². The summed E-state index contributed by atoms with van der Waals surface area (Å²) < 4.78 is 23.3. The summed E-state index contributed by atoms with van der Waals surface area (Å²) in [4.78, 5) is 17.2. The van der Waals surface area contributed by atoms with Crippen molar-refractivity contribution in [3.8, 4) is 23.0 Å². The van der Waals surface area contributed by atoms with Gasteiger partial charge in [-0.25, -0.2) is 4.98 Å². The number of carbonyl (C=O) groups is 1. The summed E-state index contributed by atoms with van der Waals surface area (Å²) in [6, 6.07) is 10.5. The second-order valence-electron chi connectivity index (χ2n) is 6.93. The summed E-state index contributed by atoms with van der Waals surface area (Å²) in [5, 5.41) is 3.03. The first-order valence-corrected chi connectivity index (χ1v) is 9.66. The number of rotatable bonds is 7. The molecular weight excluding hydrogens is 398 g/mol. The van der Waals surface area contributed by atoms with Gasteiger partial charge in [-0.05, 0) is 41.5 Å². The molecule has 1 unspecified atom stereocenters. The number of aromatic nitrogens is 2. The van der Waals surface area contributed by atoms with E-state index >= 15 is 0 Å². The summed E-state index contributed by atoms with van der Waals surface area (Å²) in [6.07, 6.45) is 6.71. The highest BCUT2D eigenvalue weighted by molar-refractivity contribution is 5.92. The zero-order chi connectivity index (χ0) is 21.8. The van der Waals surface area contributed by atoms with Gasteiger partial charge in [-0.2, -0.15) is 0 Å². The van der Waals surface area contributed by atoms with Gasteiger partial charge in [0.1, 0.15) is 23.4 Å². The normalized spacial score (nSPS) is 13.3. The van der Waals surface area contributed by atoms with Gasteiger partial charge < -0.3 is 28.8 Å². The maximum atomic E-state index is 12.8. The van der Waals surface area contributed by atoms with Crippen LogP contribution in [0.5, 0.6) is 23.0 Å². The number of methoxy groups -OCH3 is 2. The van der Waals surface area contributed by atoms with E-state index in [1.54, 1.807) is 32.6 Å². The lowest BCUT2D eigenvalue weighted by atomic mass is 10.0. The summed E-state index contributed by atoms with van der Waals surface area (Å²) in [5.41, 5.74) is 1.62. The smallest absolute Gasteiger partial charge is 0.244 e. The lowest BCUT2D eigenvalue weighted by molar-refractivity contribution is -0.117. The molecule has 4 rings (SSSR count). The quantitative estimate of drug-likeness (QED) is 0.591. The van der Waals surface area contributed by atoms with Crippen molar-refractivity contribution in [1.82, 2.24) is 14.9 Å². The van der Waals surface area contributed by atoms with Crippen LogP contribution in [-0.2, 0) is 11.8 Å². The van der Waals surface area contributed by atoms with Gasteiger partial charge >= 0.3 is 0 Å². The van der Waals surface area contributed by atoms with Crippen LogP contribution in [0.25, 0.3) is 6.08 Å². The number of ether oxygens (including phenoxy) is 4. The van der Waals surface area contributed by atoms with Crippen LogP contribution in [0.15, 0.2) is 54.9 Å². The van der Waals surface area contributed by atoms with Crippen molar-refractivity contribution in [3.63, 3.8) is 0 Å². The topological polar surface area (TPSA) is 83.8 Å². The highest BCUT2D eigenvalue weighted by Gasteiger charge is 2.22. The average Bonchev–Trinajstić information content (AvgIpc) is 3.43. The van der Waals surface area contributed by atoms with Crippen molar-refractivity contribution in [2.45, 2.75) is 6.04 Å². The third kappa shape index (κ3) is 4.48. The fourth-order valence-electron chi connectivity index (χ4n) is 3.33. The van der Waals surface area contributed by atoms with E-state index in [-0.39, 0.29) is 12.7 Å². The van der Waals surface area contributed by atoms with E-state index in [9.17, 15) is 4.79 Å². The molecule has 0 saturated heterocycles. The van der Waals surface area contributed by atoms with Crippen LogP contribution >= 0.6 is 0 Å². The zero-order valence-corrected chi connectivity index (χ0v) is 17.5. The van der Waals surface area contributed by atoms with Crippen molar-refractivity contribution in [2.75, 3.05) is 21.0 Å². The lowest BCUT2D eigenvalue weighted by Gasteiger charge is -2.20. The molecule has 1 atom stereocenters. The van der Waals surface area contributed by atoms with Crippen molar-refractivity contribution in [2.24, 2.45) is 7.05 Å². The molecule has 2 heterocycles. The molecule has 1 aliphatic rings. The van der Waals surface area contributed by atoms with Crippen LogP contribution in [0.3, 0.4) is 0 Å². The molecule has 2 aromatic carbocycles. The van der Waals surface area contributed by atoms with Crippen LogP contribution in [0.1, 0.15) is 23.0 Å². The number of hydrogen-bond donors (Lipinski definition) is 1. The zero-order valence-electron chi connectivity index (χ0n) is 17.5. The number of nitrogens with zero attached hydrogens (tertiary/aromatic N) is 2. The summed E-state index contributed by atoms with van der Waals surface area (Å²) in [7, 11) is 5.05. The SMILES string of the molecule is COc1cc(OC)cc(C(NC(=O)/C=C/c2ccc3c(c2)OCO3)c2nccn2C)c1. The lowest BCUT2D eigenvalue weighted by Crippen LogP contribution is -2.29. The van der Waals surface area contributed by atoms with E-state index in [0.29, 0.717) is 28.8 Å². The largest absolute Gasteiger partial charge is 0.497 e. The van der Waals surface area contributed by atoms with Gasteiger partial charge in [0, 0.05) is 31.6 Å². The summed E-state index contributed by atoms with van der Waals surface area (Å²) in [6.45, 7) is 0.207. The second-order valence-corrected chi connectivity index (χ2v) is 6.93. The third-order valence-electron chi connectivity index (χ3n) is 4.93. The Bertz CT molecular complexity index is 1100. The van der Waals surface area contributed by atoms with Crippen LogP contribution in [0, 0.1) is 0 Å². The highest BCUT2D eigenvalue weighted by atomic mass is 16.7. The van der Waals surface area contributed by atoms with E-state index in [0.717, 1.165) is 11.1 Å². The molecule has 1 aromatic heterocycles. The van der Waals surface area contributed by atoms with Crippen LogP contribution in [0.2, 0.25) is 0 Å². The van der Waals surface area contributed by atoms with Gasteiger partial charge in [-0.3, -0.25) is 4.79 Å². The number of nitrogens with one attached hydrogen (secondary N) is 1. The first-order chi connectivity index (χ1) is 15.1. The maximum Gasteiger partial charge on any atom is 0.244 e. The molecule has 31 heavy (non-hydrogen) atoms. The minimum Gasteiger partial charge on any atom is -0.497 e. The average molecular weight is 421 g/mol. The molecule has 8 heteroatoms. The molecule has 0 spiro atoms. The van der Waals surface area contributed by atoms with Gasteiger partial charge in [-0.1, -0.05) is 6.07 Å². The number of carbonyl (C=O) groups excluding carboxylic acids is 1. The Morgan fingerprint density at radius 2 is 1.87 bits per heavy atom. The minimum absolute atomic E-state index is 0.207. The first kappa shape index (κ1) is 20.3. The monoisotopic (exact) mass is 421 g/mol. The van der Waals surface area contributed by atoms with Crippen LogP contribution in [0.4, 0.5) is 0 Å². The number of benzene rings is 2. The molecule has 1 aliphatic heterocycles.